The van der Waals surface area contributed by atoms with Gasteiger partial charge in [-0.25, -0.2) is 4.79 Å². The number of carbonyl (C=O) groups excluding carboxylic acids is 1. The van der Waals surface area contributed by atoms with Crippen LogP contribution in [-0.2, 0) is 0 Å². The SMILES string of the molecule is COc1cc2c(cc1OC)N(C(=O)O)C(C)/C(=C/N)C2=O. The first-order valence-electron chi connectivity index (χ1n) is 6.20. The summed E-state index contributed by atoms with van der Waals surface area (Å²) in [7, 11) is 2.88. The van der Waals surface area contributed by atoms with Crippen molar-refractivity contribution in [3.63, 3.8) is 0 Å². The molecule has 1 aromatic carbocycles. The molecule has 0 saturated heterocycles. The van der Waals surface area contributed by atoms with E-state index in [1.165, 1.54) is 26.4 Å². The molecule has 0 aliphatic carbocycles. The first-order valence-corrected chi connectivity index (χ1v) is 6.20. The Kier molecular flexibility index (Phi) is 3.75. The van der Waals surface area contributed by atoms with Gasteiger partial charge in [-0.1, -0.05) is 0 Å². The smallest absolute Gasteiger partial charge is 0.412 e. The summed E-state index contributed by atoms with van der Waals surface area (Å²) in [6.45, 7) is 1.60. The van der Waals surface area contributed by atoms with E-state index in [4.69, 9.17) is 15.2 Å². The first kappa shape index (κ1) is 14.7. The molecule has 0 saturated carbocycles. The van der Waals surface area contributed by atoms with Crippen LogP contribution < -0.4 is 20.1 Å². The molecule has 7 nitrogen and oxygen atoms in total. The van der Waals surface area contributed by atoms with Crippen molar-refractivity contribution in [1.82, 2.24) is 0 Å². The second kappa shape index (κ2) is 5.35. The van der Waals surface area contributed by atoms with Crippen LogP contribution in [-0.4, -0.2) is 37.2 Å². The molecule has 0 bridgehead atoms. The lowest BCUT2D eigenvalue weighted by Gasteiger charge is -2.34. The largest absolute Gasteiger partial charge is 0.493 e. The number of ketones is 1. The topological polar surface area (TPSA) is 102 Å². The molecule has 1 atom stereocenters. The summed E-state index contributed by atoms with van der Waals surface area (Å²) in [5.41, 5.74) is 6.16. The van der Waals surface area contributed by atoms with E-state index in [0.717, 1.165) is 11.1 Å². The van der Waals surface area contributed by atoms with E-state index in [9.17, 15) is 14.7 Å². The molecule has 1 heterocycles. The van der Waals surface area contributed by atoms with Gasteiger partial charge in [0, 0.05) is 17.8 Å². The second-order valence-corrected chi connectivity index (χ2v) is 4.50. The number of nitrogens with two attached hydrogens (primary N) is 1. The standard InChI is InChI=1S/C14H16N2O5/c1-7-9(6-15)13(17)8-4-11(20-2)12(21-3)5-10(8)16(7)14(18)19/h4-7H,15H2,1-3H3,(H,18,19)/b9-6-. The average molecular weight is 292 g/mol. The number of rotatable bonds is 2. The van der Waals surface area contributed by atoms with Crippen molar-refractivity contribution in [2.75, 3.05) is 19.1 Å². The quantitative estimate of drug-likeness (QED) is 0.803. The molecule has 7 heteroatoms. The summed E-state index contributed by atoms with van der Waals surface area (Å²) >= 11 is 0. The summed E-state index contributed by atoms with van der Waals surface area (Å²) in [6, 6.07) is 2.26. The van der Waals surface area contributed by atoms with Gasteiger partial charge in [-0.15, -0.1) is 0 Å². The van der Waals surface area contributed by atoms with Crippen molar-refractivity contribution in [3.8, 4) is 11.5 Å². The number of carbonyl (C=O) groups is 2. The number of hydrogen-bond donors (Lipinski definition) is 2. The summed E-state index contributed by atoms with van der Waals surface area (Å²) in [5.74, 6) is 0.377. The minimum atomic E-state index is -1.18. The van der Waals surface area contributed by atoms with Crippen LogP contribution >= 0.6 is 0 Å². The van der Waals surface area contributed by atoms with Crippen molar-refractivity contribution in [1.29, 1.82) is 0 Å². The third kappa shape index (κ3) is 2.16. The molecule has 1 aliphatic rings. The Morgan fingerprint density at radius 3 is 2.38 bits per heavy atom. The fourth-order valence-electron chi connectivity index (χ4n) is 2.43. The zero-order valence-electron chi connectivity index (χ0n) is 11.9. The number of nitrogens with zero attached hydrogens (tertiary/aromatic N) is 1. The molecule has 112 valence electrons. The lowest BCUT2D eigenvalue weighted by atomic mass is 9.90. The van der Waals surface area contributed by atoms with Crippen LogP contribution in [0.4, 0.5) is 10.5 Å². The Morgan fingerprint density at radius 1 is 1.33 bits per heavy atom. The summed E-state index contributed by atoms with van der Waals surface area (Å²) < 4.78 is 10.3. The number of Topliss-reactive ketones (excluding diaryl/α,β-unsaturated/α-hetero) is 1. The van der Waals surface area contributed by atoms with E-state index in [1.807, 2.05) is 0 Å². The Labute approximate surface area is 121 Å². The predicted molar refractivity (Wildman–Crippen MR) is 76.1 cm³/mol. The number of carboxylic acid groups (broad SMARTS) is 1. The van der Waals surface area contributed by atoms with E-state index < -0.39 is 12.1 Å². The number of benzene rings is 1. The number of anilines is 1. The molecule has 1 amide bonds. The van der Waals surface area contributed by atoms with Gasteiger partial charge in [0.05, 0.1) is 31.5 Å². The van der Waals surface area contributed by atoms with Crippen molar-refractivity contribution in [2.24, 2.45) is 5.73 Å². The number of fused-ring (bicyclic) bond motifs is 1. The molecular formula is C14H16N2O5. The van der Waals surface area contributed by atoms with Gasteiger partial charge in [0.1, 0.15) is 0 Å². The fraction of sp³-hybridized carbons (Fsp3) is 0.286. The van der Waals surface area contributed by atoms with Crippen LogP contribution in [0.3, 0.4) is 0 Å². The first-order chi connectivity index (χ1) is 9.96. The Balaban J connectivity index is 2.75. The summed E-state index contributed by atoms with van der Waals surface area (Å²) in [6.07, 6.45) is -0.0365. The van der Waals surface area contributed by atoms with Gasteiger partial charge in [0.2, 0.25) is 0 Å². The summed E-state index contributed by atoms with van der Waals surface area (Å²) in [4.78, 5) is 25.0. The van der Waals surface area contributed by atoms with Crippen molar-refractivity contribution in [3.05, 3.63) is 29.5 Å². The third-order valence-corrected chi connectivity index (χ3v) is 3.49. The maximum atomic E-state index is 12.4. The van der Waals surface area contributed by atoms with Gasteiger partial charge in [0.25, 0.3) is 0 Å². The van der Waals surface area contributed by atoms with Crippen molar-refractivity contribution < 1.29 is 24.2 Å². The number of ether oxygens (including phenoxy) is 2. The highest BCUT2D eigenvalue weighted by molar-refractivity contribution is 6.18. The van der Waals surface area contributed by atoms with E-state index in [1.54, 1.807) is 6.92 Å². The Morgan fingerprint density at radius 2 is 1.90 bits per heavy atom. The van der Waals surface area contributed by atoms with Gasteiger partial charge in [0.15, 0.2) is 17.3 Å². The fourth-order valence-corrected chi connectivity index (χ4v) is 2.43. The third-order valence-electron chi connectivity index (χ3n) is 3.49. The highest BCUT2D eigenvalue weighted by Gasteiger charge is 2.37. The Hall–Kier alpha value is -2.70. The molecule has 3 N–H and O–H groups in total. The second-order valence-electron chi connectivity index (χ2n) is 4.50. The highest BCUT2D eigenvalue weighted by Crippen LogP contribution is 2.40. The van der Waals surface area contributed by atoms with E-state index in [-0.39, 0.29) is 22.6 Å². The van der Waals surface area contributed by atoms with Crippen LogP contribution in [0, 0.1) is 0 Å². The normalized spacial score (nSPS) is 19.4. The van der Waals surface area contributed by atoms with Crippen LogP contribution in [0.1, 0.15) is 17.3 Å². The van der Waals surface area contributed by atoms with Crippen LogP contribution in [0.5, 0.6) is 11.5 Å². The lowest BCUT2D eigenvalue weighted by Crippen LogP contribution is -2.45. The van der Waals surface area contributed by atoms with Crippen molar-refractivity contribution >= 4 is 17.6 Å². The molecule has 1 unspecified atom stereocenters. The van der Waals surface area contributed by atoms with E-state index >= 15 is 0 Å². The van der Waals surface area contributed by atoms with E-state index in [2.05, 4.69) is 0 Å². The molecular weight excluding hydrogens is 276 g/mol. The van der Waals surface area contributed by atoms with Gasteiger partial charge in [-0.05, 0) is 13.0 Å². The van der Waals surface area contributed by atoms with Gasteiger partial charge in [-0.2, -0.15) is 0 Å². The van der Waals surface area contributed by atoms with Gasteiger partial charge >= 0.3 is 6.09 Å². The van der Waals surface area contributed by atoms with Crippen LogP contribution in [0.25, 0.3) is 0 Å². The molecule has 1 aromatic rings. The maximum Gasteiger partial charge on any atom is 0.412 e. The van der Waals surface area contributed by atoms with Crippen molar-refractivity contribution in [2.45, 2.75) is 13.0 Å². The molecule has 0 spiro atoms. The number of hydrogen-bond acceptors (Lipinski definition) is 5. The summed E-state index contributed by atoms with van der Waals surface area (Å²) in [5, 5.41) is 9.42. The monoisotopic (exact) mass is 292 g/mol. The molecule has 1 aliphatic heterocycles. The molecule has 0 fully saturated rings. The average Bonchev–Trinajstić information content (AvgIpc) is 2.46. The zero-order chi connectivity index (χ0) is 15.7. The molecule has 0 aromatic heterocycles. The molecule has 0 radical (unpaired) electrons. The van der Waals surface area contributed by atoms with E-state index in [0.29, 0.717) is 11.5 Å². The highest BCUT2D eigenvalue weighted by atomic mass is 16.5. The number of amides is 1. The van der Waals surface area contributed by atoms with Gasteiger partial charge in [-0.3, -0.25) is 9.69 Å². The Bertz CT molecular complexity index is 638. The molecule has 21 heavy (non-hydrogen) atoms. The number of methoxy groups -OCH3 is 2. The molecule has 2 rings (SSSR count). The minimum Gasteiger partial charge on any atom is -0.493 e. The minimum absolute atomic E-state index is 0.213. The predicted octanol–water partition coefficient (Wildman–Crippen LogP) is 1.62. The van der Waals surface area contributed by atoms with Crippen LogP contribution in [0.15, 0.2) is 23.9 Å². The lowest BCUT2D eigenvalue weighted by molar-refractivity contribution is 0.102. The maximum absolute atomic E-state index is 12.4. The van der Waals surface area contributed by atoms with Crippen LogP contribution in [0.2, 0.25) is 0 Å². The van der Waals surface area contributed by atoms with Gasteiger partial charge < -0.3 is 20.3 Å². The zero-order valence-corrected chi connectivity index (χ0v) is 11.9.